The lowest BCUT2D eigenvalue weighted by Crippen LogP contribution is -2.26. The van der Waals surface area contributed by atoms with Gasteiger partial charge in [-0.05, 0) is 37.8 Å². The zero-order chi connectivity index (χ0) is 14.0. The minimum atomic E-state index is -3.11. The van der Waals surface area contributed by atoms with Crippen molar-refractivity contribution in [3.05, 3.63) is 23.0 Å². The highest BCUT2D eigenvalue weighted by molar-refractivity contribution is 7.91. The highest BCUT2D eigenvalue weighted by atomic mass is 32.2. The number of nitrogen functional groups attached to an aromatic ring is 1. The molecular weight excluding hydrogens is 260 g/mol. The van der Waals surface area contributed by atoms with Crippen LogP contribution in [0.25, 0.3) is 0 Å². The molecule has 0 amide bonds. The van der Waals surface area contributed by atoms with Crippen LogP contribution >= 0.6 is 0 Å². The first-order chi connectivity index (χ1) is 8.92. The SMILES string of the molecule is Cc1cnc(CS(=O)(=O)C2CCCCC2)c(C)c1N. The van der Waals surface area contributed by atoms with Gasteiger partial charge in [0, 0.05) is 11.9 Å². The smallest absolute Gasteiger partial charge is 0.158 e. The normalized spacial score (nSPS) is 17.6. The van der Waals surface area contributed by atoms with Gasteiger partial charge in [-0.15, -0.1) is 0 Å². The lowest BCUT2D eigenvalue weighted by molar-refractivity contribution is 0.483. The molecule has 106 valence electrons. The van der Waals surface area contributed by atoms with E-state index in [-0.39, 0.29) is 11.0 Å². The maximum atomic E-state index is 12.4. The summed E-state index contributed by atoms with van der Waals surface area (Å²) in [7, 11) is -3.11. The summed E-state index contributed by atoms with van der Waals surface area (Å²) in [5, 5.41) is -0.190. The van der Waals surface area contributed by atoms with Crippen molar-refractivity contribution in [2.45, 2.75) is 57.0 Å². The van der Waals surface area contributed by atoms with Crippen LogP contribution in [0.3, 0.4) is 0 Å². The molecule has 0 spiro atoms. The number of aromatic nitrogens is 1. The Bertz CT molecular complexity index is 561. The zero-order valence-corrected chi connectivity index (χ0v) is 12.5. The third-order valence-electron chi connectivity index (χ3n) is 4.07. The molecule has 1 aromatic heterocycles. The Morgan fingerprint density at radius 3 is 2.53 bits per heavy atom. The van der Waals surface area contributed by atoms with Gasteiger partial charge in [0.05, 0.1) is 16.7 Å². The fourth-order valence-corrected chi connectivity index (χ4v) is 4.63. The van der Waals surface area contributed by atoms with Crippen LogP contribution in [-0.4, -0.2) is 18.7 Å². The molecule has 1 aliphatic carbocycles. The molecular formula is C14H22N2O2S. The minimum Gasteiger partial charge on any atom is -0.398 e. The number of nitrogens with zero attached hydrogens (tertiary/aromatic N) is 1. The largest absolute Gasteiger partial charge is 0.398 e. The van der Waals surface area contributed by atoms with Crippen LogP contribution in [-0.2, 0) is 15.6 Å². The monoisotopic (exact) mass is 282 g/mol. The number of rotatable bonds is 3. The average molecular weight is 282 g/mol. The molecule has 2 rings (SSSR count). The predicted molar refractivity (Wildman–Crippen MR) is 77.6 cm³/mol. The Balaban J connectivity index is 2.23. The number of hydrogen-bond donors (Lipinski definition) is 1. The van der Waals surface area contributed by atoms with Crippen molar-refractivity contribution in [1.29, 1.82) is 0 Å². The van der Waals surface area contributed by atoms with Crippen molar-refractivity contribution < 1.29 is 8.42 Å². The topological polar surface area (TPSA) is 73.0 Å². The van der Waals surface area contributed by atoms with E-state index >= 15 is 0 Å². The highest BCUT2D eigenvalue weighted by Gasteiger charge is 2.28. The molecule has 1 aliphatic rings. The molecule has 1 aromatic rings. The molecule has 5 heteroatoms. The van der Waals surface area contributed by atoms with Crippen molar-refractivity contribution >= 4 is 15.5 Å². The van der Waals surface area contributed by atoms with Crippen molar-refractivity contribution in [1.82, 2.24) is 4.98 Å². The summed E-state index contributed by atoms with van der Waals surface area (Å²) in [5.74, 6) is 0.0218. The summed E-state index contributed by atoms with van der Waals surface area (Å²) in [6, 6.07) is 0. The van der Waals surface area contributed by atoms with Gasteiger partial charge in [0.15, 0.2) is 9.84 Å². The van der Waals surface area contributed by atoms with Crippen molar-refractivity contribution in [3.8, 4) is 0 Å². The van der Waals surface area contributed by atoms with Crippen LogP contribution in [0, 0.1) is 13.8 Å². The first-order valence-corrected chi connectivity index (χ1v) is 8.55. The van der Waals surface area contributed by atoms with Gasteiger partial charge in [-0.3, -0.25) is 4.98 Å². The lowest BCUT2D eigenvalue weighted by atomic mass is 10.0. The molecule has 0 saturated heterocycles. The second-order valence-corrected chi connectivity index (χ2v) is 7.77. The van der Waals surface area contributed by atoms with Gasteiger partial charge < -0.3 is 5.73 Å². The van der Waals surface area contributed by atoms with E-state index < -0.39 is 9.84 Å². The fourth-order valence-electron chi connectivity index (χ4n) is 2.67. The van der Waals surface area contributed by atoms with E-state index in [2.05, 4.69) is 4.98 Å². The third-order valence-corrected chi connectivity index (χ3v) is 6.24. The number of hydrogen-bond acceptors (Lipinski definition) is 4. The second-order valence-electron chi connectivity index (χ2n) is 5.49. The molecule has 1 saturated carbocycles. The Kier molecular flexibility index (Phi) is 4.13. The van der Waals surface area contributed by atoms with Crippen LogP contribution in [0.4, 0.5) is 5.69 Å². The average Bonchev–Trinajstić information content (AvgIpc) is 2.40. The third kappa shape index (κ3) is 3.08. The van der Waals surface area contributed by atoms with E-state index in [1.54, 1.807) is 6.20 Å². The summed E-state index contributed by atoms with van der Waals surface area (Å²) in [6.07, 6.45) is 6.44. The Morgan fingerprint density at radius 1 is 1.26 bits per heavy atom. The molecule has 19 heavy (non-hydrogen) atoms. The van der Waals surface area contributed by atoms with E-state index in [4.69, 9.17) is 5.73 Å². The van der Waals surface area contributed by atoms with E-state index in [0.29, 0.717) is 11.4 Å². The number of anilines is 1. The molecule has 0 aliphatic heterocycles. The lowest BCUT2D eigenvalue weighted by Gasteiger charge is -2.22. The van der Waals surface area contributed by atoms with Gasteiger partial charge in [0.1, 0.15) is 0 Å². The summed E-state index contributed by atoms with van der Waals surface area (Å²) < 4.78 is 24.8. The molecule has 4 nitrogen and oxygen atoms in total. The first kappa shape index (κ1) is 14.3. The van der Waals surface area contributed by atoms with Crippen molar-refractivity contribution in [3.63, 3.8) is 0 Å². The minimum absolute atomic E-state index is 0.0218. The number of sulfone groups is 1. The Labute approximate surface area is 115 Å². The number of aryl methyl sites for hydroxylation is 1. The van der Waals surface area contributed by atoms with Crippen molar-refractivity contribution in [2.75, 3.05) is 5.73 Å². The van der Waals surface area contributed by atoms with Gasteiger partial charge >= 0.3 is 0 Å². The van der Waals surface area contributed by atoms with Crippen LogP contribution in [0.1, 0.15) is 48.9 Å². The standard InChI is InChI=1S/C14H22N2O2S/c1-10-8-16-13(11(2)14(10)15)9-19(17,18)12-6-4-3-5-7-12/h8,12H,3-7,9H2,1-2H3,(H2,15,16). The summed E-state index contributed by atoms with van der Waals surface area (Å²) in [4.78, 5) is 4.26. The van der Waals surface area contributed by atoms with E-state index in [9.17, 15) is 8.42 Å². The Morgan fingerprint density at radius 2 is 1.89 bits per heavy atom. The van der Waals surface area contributed by atoms with Gasteiger partial charge in [0.2, 0.25) is 0 Å². The van der Waals surface area contributed by atoms with Gasteiger partial charge in [-0.1, -0.05) is 19.3 Å². The second kappa shape index (κ2) is 5.49. The first-order valence-electron chi connectivity index (χ1n) is 6.84. The maximum absolute atomic E-state index is 12.4. The van der Waals surface area contributed by atoms with E-state index in [1.165, 1.54) is 0 Å². The molecule has 0 radical (unpaired) electrons. The number of nitrogens with two attached hydrogens (primary N) is 1. The quantitative estimate of drug-likeness (QED) is 0.924. The summed E-state index contributed by atoms with van der Waals surface area (Å²) in [6.45, 7) is 3.73. The molecule has 1 fully saturated rings. The van der Waals surface area contributed by atoms with Gasteiger partial charge in [-0.2, -0.15) is 0 Å². The molecule has 0 unspecified atom stereocenters. The fraction of sp³-hybridized carbons (Fsp3) is 0.643. The molecule has 0 atom stereocenters. The molecule has 0 aromatic carbocycles. The van der Waals surface area contributed by atoms with Crippen LogP contribution in [0.15, 0.2) is 6.20 Å². The zero-order valence-electron chi connectivity index (χ0n) is 11.6. The number of pyridine rings is 1. The van der Waals surface area contributed by atoms with E-state index in [0.717, 1.165) is 43.2 Å². The molecule has 0 bridgehead atoms. The maximum Gasteiger partial charge on any atom is 0.158 e. The van der Waals surface area contributed by atoms with Crippen LogP contribution < -0.4 is 5.73 Å². The van der Waals surface area contributed by atoms with E-state index in [1.807, 2.05) is 13.8 Å². The Hall–Kier alpha value is -1.10. The van der Waals surface area contributed by atoms with Gasteiger partial charge in [0.25, 0.3) is 0 Å². The predicted octanol–water partition coefficient (Wildman–Crippen LogP) is 2.53. The molecule has 1 heterocycles. The van der Waals surface area contributed by atoms with Crippen LogP contribution in [0.2, 0.25) is 0 Å². The summed E-state index contributed by atoms with van der Waals surface area (Å²) in [5.41, 5.74) is 8.91. The van der Waals surface area contributed by atoms with Crippen LogP contribution in [0.5, 0.6) is 0 Å². The molecule has 2 N–H and O–H groups in total. The van der Waals surface area contributed by atoms with Gasteiger partial charge in [-0.25, -0.2) is 8.42 Å². The van der Waals surface area contributed by atoms with Crippen molar-refractivity contribution in [2.24, 2.45) is 0 Å². The highest BCUT2D eigenvalue weighted by Crippen LogP contribution is 2.27. The summed E-state index contributed by atoms with van der Waals surface area (Å²) >= 11 is 0.